The van der Waals surface area contributed by atoms with Crippen molar-refractivity contribution in [2.75, 3.05) is 19.6 Å². The quantitative estimate of drug-likeness (QED) is 0.691. The number of rotatable bonds is 8. The summed E-state index contributed by atoms with van der Waals surface area (Å²) in [6, 6.07) is 10.4. The number of nitrogens with one attached hydrogen (secondary N) is 2. The molecule has 100 valence electrons. The molecule has 18 heavy (non-hydrogen) atoms. The van der Waals surface area contributed by atoms with Crippen molar-refractivity contribution in [3.05, 3.63) is 35.9 Å². The van der Waals surface area contributed by atoms with E-state index < -0.39 is 0 Å². The molecule has 3 heteroatoms. The molecule has 0 saturated carbocycles. The molecule has 0 radical (unpaired) electrons. The van der Waals surface area contributed by atoms with Crippen molar-refractivity contribution >= 4 is 5.91 Å². The van der Waals surface area contributed by atoms with E-state index in [4.69, 9.17) is 0 Å². The second kappa shape index (κ2) is 8.70. The zero-order chi connectivity index (χ0) is 13.2. The minimum Gasteiger partial charge on any atom is -0.356 e. The van der Waals surface area contributed by atoms with Crippen LogP contribution in [0.25, 0.3) is 0 Å². The highest BCUT2D eigenvalue weighted by atomic mass is 16.1. The molecule has 1 rings (SSSR count). The number of hydrogen-bond acceptors (Lipinski definition) is 2. The molecule has 1 aromatic rings. The summed E-state index contributed by atoms with van der Waals surface area (Å²) in [5.74, 6) is 0.186. The molecular weight excluding hydrogens is 224 g/mol. The van der Waals surface area contributed by atoms with Gasteiger partial charge < -0.3 is 10.6 Å². The number of carbonyl (C=O) groups excluding carboxylic acids is 1. The zero-order valence-electron chi connectivity index (χ0n) is 11.4. The van der Waals surface area contributed by atoms with E-state index >= 15 is 0 Å². The van der Waals surface area contributed by atoms with Gasteiger partial charge in [-0.3, -0.25) is 4.79 Å². The fourth-order valence-corrected chi connectivity index (χ4v) is 1.78. The fourth-order valence-electron chi connectivity index (χ4n) is 1.78. The van der Waals surface area contributed by atoms with Crippen molar-refractivity contribution in [3.63, 3.8) is 0 Å². The van der Waals surface area contributed by atoms with Gasteiger partial charge in [0, 0.05) is 19.0 Å². The topological polar surface area (TPSA) is 41.1 Å². The summed E-state index contributed by atoms with van der Waals surface area (Å²) < 4.78 is 0. The van der Waals surface area contributed by atoms with Crippen LogP contribution < -0.4 is 10.6 Å². The van der Waals surface area contributed by atoms with Gasteiger partial charge in [0.15, 0.2) is 0 Å². The summed E-state index contributed by atoms with van der Waals surface area (Å²) in [4.78, 5) is 11.7. The Morgan fingerprint density at radius 1 is 1.28 bits per heavy atom. The number of carbonyl (C=O) groups is 1. The van der Waals surface area contributed by atoms with Gasteiger partial charge in [-0.05, 0) is 24.9 Å². The van der Waals surface area contributed by atoms with Gasteiger partial charge >= 0.3 is 0 Å². The van der Waals surface area contributed by atoms with Gasteiger partial charge in [0.2, 0.25) is 5.91 Å². The van der Waals surface area contributed by atoms with E-state index in [1.807, 2.05) is 32.0 Å². The standard InChI is InChI=1S/C15H24N2O/c1-3-16-12-13(2)15(18)17-11-7-10-14-8-5-4-6-9-14/h4-6,8-9,13,16H,3,7,10-12H2,1-2H3,(H,17,18). The van der Waals surface area contributed by atoms with Crippen LogP contribution in [-0.2, 0) is 11.2 Å². The van der Waals surface area contributed by atoms with Gasteiger partial charge in [0.05, 0.1) is 0 Å². The predicted molar refractivity (Wildman–Crippen MR) is 75.5 cm³/mol. The Morgan fingerprint density at radius 3 is 2.67 bits per heavy atom. The molecule has 0 bridgehead atoms. The van der Waals surface area contributed by atoms with Crippen LogP contribution in [0.1, 0.15) is 25.8 Å². The SMILES string of the molecule is CCNCC(C)C(=O)NCCCc1ccccc1. The Hall–Kier alpha value is -1.35. The first-order valence-corrected chi connectivity index (χ1v) is 6.76. The molecule has 0 saturated heterocycles. The number of hydrogen-bond donors (Lipinski definition) is 2. The largest absolute Gasteiger partial charge is 0.356 e. The summed E-state index contributed by atoms with van der Waals surface area (Å²) in [5.41, 5.74) is 1.33. The summed E-state index contributed by atoms with van der Waals surface area (Å²) >= 11 is 0. The zero-order valence-corrected chi connectivity index (χ0v) is 11.4. The first kappa shape index (κ1) is 14.7. The Labute approximate surface area is 110 Å². The van der Waals surface area contributed by atoms with E-state index in [0.717, 1.165) is 32.5 Å². The Morgan fingerprint density at radius 2 is 2.00 bits per heavy atom. The molecule has 1 atom stereocenters. The van der Waals surface area contributed by atoms with Crippen molar-refractivity contribution in [3.8, 4) is 0 Å². The molecule has 0 aliphatic carbocycles. The van der Waals surface area contributed by atoms with Crippen molar-refractivity contribution in [2.45, 2.75) is 26.7 Å². The highest BCUT2D eigenvalue weighted by Gasteiger charge is 2.10. The molecule has 1 amide bonds. The van der Waals surface area contributed by atoms with E-state index in [1.165, 1.54) is 5.56 Å². The molecule has 0 aliphatic heterocycles. The van der Waals surface area contributed by atoms with Gasteiger partial charge in [-0.15, -0.1) is 0 Å². The Kier molecular flexibility index (Phi) is 7.11. The molecule has 0 spiro atoms. The molecule has 1 unspecified atom stereocenters. The highest BCUT2D eigenvalue weighted by Crippen LogP contribution is 2.01. The second-order valence-corrected chi connectivity index (χ2v) is 4.59. The van der Waals surface area contributed by atoms with Crippen LogP contribution in [0.4, 0.5) is 0 Å². The van der Waals surface area contributed by atoms with E-state index in [1.54, 1.807) is 0 Å². The summed E-state index contributed by atoms with van der Waals surface area (Å²) in [7, 11) is 0. The van der Waals surface area contributed by atoms with Gasteiger partial charge in [0.25, 0.3) is 0 Å². The van der Waals surface area contributed by atoms with E-state index in [0.29, 0.717) is 0 Å². The third-order valence-electron chi connectivity index (χ3n) is 2.93. The van der Waals surface area contributed by atoms with Crippen LogP contribution in [0.15, 0.2) is 30.3 Å². The highest BCUT2D eigenvalue weighted by molar-refractivity contribution is 5.78. The lowest BCUT2D eigenvalue weighted by Crippen LogP contribution is -2.35. The maximum Gasteiger partial charge on any atom is 0.224 e. The summed E-state index contributed by atoms with van der Waals surface area (Å²) in [6.45, 7) is 6.41. The van der Waals surface area contributed by atoms with E-state index in [9.17, 15) is 4.79 Å². The first-order chi connectivity index (χ1) is 8.74. The van der Waals surface area contributed by atoms with E-state index in [2.05, 4.69) is 22.8 Å². The average Bonchev–Trinajstić information content (AvgIpc) is 2.41. The smallest absolute Gasteiger partial charge is 0.224 e. The van der Waals surface area contributed by atoms with Gasteiger partial charge in [-0.25, -0.2) is 0 Å². The van der Waals surface area contributed by atoms with Crippen LogP contribution in [0, 0.1) is 5.92 Å². The van der Waals surface area contributed by atoms with Gasteiger partial charge in [-0.2, -0.15) is 0 Å². The molecule has 1 aromatic carbocycles. The average molecular weight is 248 g/mol. The van der Waals surface area contributed by atoms with Crippen LogP contribution in [0.5, 0.6) is 0 Å². The molecule has 0 heterocycles. The number of aryl methyl sites for hydroxylation is 1. The normalized spacial score (nSPS) is 12.1. The monoisotopic (exact) mass is 248 g/mol. The first-order valence-electron chi connectivity index (χ1n) is 6.76. The van der Waals surface area contributed by atoms with Crippen LogP contribution in [-0.4, -0.2) is 25.5 Å². The Balaban J connectivity index is 2.12. The summed E-state index contributed by atoms with van der Waals surface area (Å²) in [5, 5.41) is 6.17. The van der Waals surface area contributed by atoms with Crippen LogP contribution >= 0.6 is 0 Å². The molecule has 0 aromatic heterocycles. The van der Waals surface area contributed by atoms with E-state index in [-0.39, 0.29) is 11.8 Å². The van der Waals surface area contributed by atoms with Gasteiger partial charge in [0.1, 0.15) is 0 Å². The number of amides is 1. The molecule has 0 fully saturated rings. The molecular formula is C15H24N2O. The fraction of sp³-hybridized carbons (Fsp3) is 0.533. The van der Waals surface area contributed by atoms with Gasteiger partial charge in [-0.1, -0.05) is 44.2 Å². The second-order valence-electron chi connectivity index (χ2n) is 4.59. The third kappa shape index (κ3) is 5.82. The van der Waals surface area contributed by atoms with Crippen molar-refractivity contribution in [1.29, 1.82) is 0 Å². The maximum atomic E-state index is 11.7. The minimum absolute atomic E-state index is 0.0432. The van der Waals surface area contributed by atoms with Crippen LogP contribution in [0.3, 0.4) is 0 Å². The van der Waals surface area contributed by atoms with Crippen molar-refractivity contribution in [2.24, 2.45) is 5.92 Å². The van der Waals surface area contributed by atoms with Crippen molar-refractivity contribution in [1.82, 2.24) is 10.6 Å². The lowest BCUT2D eigenvalue weighted by molar-refractivity contribution is -0.124. The third-order valence-corrected chi connectivity index (χ3v) is 2.93. The molecule has 3 nitrogen and oxygen atoms in total. The molecule has 0 aliphatic rings. The van der Waals surface area contributed by atoms with Crippen molar-refractivity contribution < 1.29 is 4.79 Å². The Bertz CT molecular complexity index is 338. The van der Waals surface area contributed by atoms with Crippen LogP contribution in [0.2, 0.25) is 0 Å². The lowest BCUT2D eigenvalue weighted by atomic mass is 10.1. The summed E-state index contributed by atoms with van der Waals surface area (Å²) in [6.07, 6.45) is 2.01. The lowest BCUT2D eigenvalue weighted by Gasteiger charge is -2.12. The molecule has 2 N–H and O–H groups in total. The number of benzene rings is 1. The predicted octanol–water partition coefficient (Wildman–Crippen LogP) is 1.98. The maximum absolute atomic E-state index is 11.7. The minimum atomic E-state index is 0.0432.